The Morgan fingerprint density at radius 1 is 0.415 bits per heavy atom. The normalized spacial score (nSPS) is 16.1. The molecule has 9 aromatic rings. The zero-order valence-electron chi connectivity index (χ0n) is 29.3. The lowest BCUT2D eigenvalue weighted by Gasteiger charge is -2.30. The molecule has 0 saturated heterocycles. The molecule has 2 aliphatic carbocycles. The van der Waals surface area contributed by atoms with Crippen LogP contribution < -0.4 is 0 Å². The Kier molecular flexibility index (Phi) is 6.91. The van der Waals surface area contributed by atoms with Gasteiger partial charge in [-0.05, 0) is 121 Å². The van der Waals surface area contributed by atoms with Gasteiger partial charge in [-0.3, -0.25) is 0 Å². The maximum atomic E-state index is 5.47. The Bertz CT molecular complexity index is 2890. The molecule has 53 heavy (non-hydrogen) atoms. The molecule has 2 aliphatic rings. The van der Waals surface area contributed by atoms with Gasteiger partial charge in [-0.15, -0.1) is 0 Å². The number of fused-ring (bicyclic) bond motifs is 9. The molecule has 250 valence electrons. The van der Waals surface area contributed by atoms with E-state index in [2.05, 4.69) is 170 Å². The topological polar surface area (TPSA) is 25.8 Å². The van der Waals surface area contributed by atoms with E-state index in [1.54, 1.807) is 0 Å². The molecule has 2 atom stereocenters. The van der Waals surface area contributed by atoms with E-state index < -0.39 is 0 Å². The average Bonchev–Trinajstić information content (AvgIpc) is 3.37. The predicted molar refractivity (Wildman–Crippen MR) is 219 cm³/mol. The van der Waals surface area contributed by atoms with Crippen molar-refractivity contribution in [3.63, 3.8) is 0 Å². The summed E-state index contributed by atoms with van der Waals surface area (Å²) in [6.45, 7) is 0. The van der Waals surface area contributed by atoms with Crippen LogP contribution >= 0.6 is 0 Å². The molecule has 0 N–H and O–H groups in total. The first kappa shape index (κ1) is 30.3. The average molecular weight is 677 g/mol. The van der Waals surface area contributed by atoms with Crippen molar-refractivity contribution in [1.29, 1.82) is 0 Å². The highest BCUT2D eigenvalue weighted by Crippen LogP contribution is 2.49. The van der Waals surface area contributed by atoms with Crippen LogP contribution in [0.4, 0.5) is 0 Å². The molecular weight excluding hydrogens is 641 g/mol. The summed E-state index contributed by atoms with van der Waals surface area (Å²) < 4.78 is 0. The summed E-state index contributed by atoms with van der Waals surface area (Å²) in [7, 11) is 0. The second-order valence-electron chi connectivity index (χ2n) is 14.8. The Labute approximate surface area is 309 Å². The maximum Gasteiger partial charge on any atom is 0.0931 e. The fourth-order valence-electron chi connectivity index (χ4n) is 9.25. The van der Waals surface area contributed by atoms with Crippen LogP contribution in [0.25, 0.3) is 66.1 Å². The Morgan fingerprint density at radius 3 is 1.91 bits per heavy atom. The lowest BCUT2D eigenvalue weighted by Crippen LogP contribution is -2.13. The van der Waals surface area contributed by atoms with Gasteiger partial charge in [0.2, 0.25) is 0 Å². The number of hydrogen-bond acceptors (Lipinski definition) is 2. The molecule has 2 unspecified atom stereocenters. The van der Waals surface area contributed by atoms with Gasteiger partial charge in [0, 0.05) is 17.4 Å². The number of aryl methyl sites for hydroxylation is 1. The largest absolute Gasteiger partial charge is 0.248 e. The summed E-state index contributed by atoms with van der Waals surface area (Å²) in [6, 6.07) is 62.6. The molecule has 0 saturated carbocycles. The standard InChI is InChI=1S/C51H36N2/c1-2-13-33(14-3-1)50-51(53-49-21-11-10-20-48(49)52-50)42-25-24-38-27-39-30-43(37-23-22-32-12-4-5-15-34(32)26-37)40-18-8-9-19-41(40)45(39)31-44(38)47-29-36-17-7-6-16-35(36)28-46(42)47/h1-23,26-29,31,42-43H,24-25,30H2. The molecule has 1 heterocycles. The fourth-order valence-corrected chi connectivity index (χ4v) is 9.25. The van der Waals surface area contributed by atoms with Gasteiger partial charge in [-0.2, -0.15) is 0 Å². The second kappa shape index (κ2) is 12.1. The maximum absolute atomic E-state index is 5.47. The van der Waals surface area contributed by atoms with Gasteiger partial charge in [0.1, 0.15) is 0 Å². The molecule has 0 amide bonds. The number of rotatable bonds is 3. The van der Waals surface area contributed by atoms with Crippen molar-refractivity contribution in [3.05, 3.63) is 203 Å². The van der Waals surface area contributed by atoms with Crippen LogP contribution in [0.1, 0.15) is 51.8 Å². The van der Waals surface area contributed by atoms with Crippen LogP contribution in [-0.2, 0) is 12.8 Å². The minimum atomic E-state index is 0.0731. The van der Waals surface area contributed by atoms with Crippen molar-refractivity contribution in [1.82, 2.24) is 9.97 Å². The van der Waals surface area contributed by atoms with E-state index >= 15 is 0 Å². The SMILES string of the molecule is c1ccc(-c2nc3ccccc3nc2C2CCc3cc4c(cc3-c3cc5ccccc5cc32)-c2ccccc2C(c2ccc3ccccc3c2)C4)cc1. The first-order valence-corrected chi connectivity index (χ1v) is 18.8. The number of para-hydroxylation sites is 2. The second-order valence-corrected chi connectivity index (χ2v) is 14.8. The molecule has 2 heteroatoms. The number of nitrogens with zero attached hydrogens (tertiary/aromatic N) is 2. The number of aromatic nitrogens is 2. The molecule has 0 spiro atoms. The van der Waals surface area contributed by atoms with Gasteiger partial charge in [0.25, 0.3) is 0 Å². The van der Waals surface area contributed by atoms with Gasteiger partial charge in [-0.1, -0.05) is 140 Å². The van der Waals surface area contributed by atoms with Crippen molar-refractivity contribution >= 4 is 32.6 Å². The van der Waals surface area contributed by atoms with Gasteiger partial charge in [-0.25, -0.2) is 9.97 Å². The summed E-state index contributed by atoms with van der Waals surface area (Å²) in [5.74, 6) is 0.376. The Morgan fingerprint density at radius 2 is 1.08 bits per heavy atom. The van der Waals surface area contributed by atoms with E-state index in [4.69, 9.17) is 9.97 Å². The Hall–Kier alpha value is -6.38. The molecule has 0 bridgehead atoms. The smallest absolute Gasteiger partial charge is 0.0931 e. The van der Waals surface area contributed by atoms with E-state index in [1.165, 1.54) is 71.6 Å². The van der Waals surface area contributed by atoms with Crippen LogP contribution in [0.3, 0.4) is 0 Å². The molecule has 1 aromatic heterocycles. The minimum absolute atomic E-state index is 0.0731. The van der Waals surface area contributed by atoms with Crippen molar-refractivity contribution < 1.29 is 0 Å². The van der Waals surface area contributed by atoms with Gasteiger partial charge >= 0.3 is 0 Å². The van der Waals surface area contributed by atoms with Crippen LogP contribution in [0, 0.1) is 0 Å². The highest BCUT2D eigenvalue weighted by atomic mass is 14.8. The molecular formula is C51H36N2. The van der Waals surface area contributed by atoms with Crippen molar-refractivity contribution in [2.24, 2.45) is 0 Å². The fraction of sp³-hybridized carbons (Fsp3) is 0.0980. The predicted octanol–water partition coefficient (Wildman–Crippen LogP) is 12.7. The van der Waals surface area contributed by atoms with E-state index in [0.717, 1.165) is 47.2 Å². The number of hydrogen-bond donors (Lipinski definition) is 0. The third-order valence-electron chi connectivity index (χ3n) is 11.8. The van der Waals surface area contributed by atoms with E-state index in [1.807, 2.05) is 0 Å². The van der Waals surface area contributed by atoms with Crippen molar-refractivity contribution in [2.75, 3.05) is 0 Å². The highest BCUT2D eigenvalue weighted by Gasteiger charge is 2.32. The summed E-state index contributed by atoms with van der Waals surface area (Å²) in [6.07, 6.45) is 2.90. The number of benzene rings is 8. The summed E-state index contributed by atoms with van der Waals surface area (Å²) >= 11 is 0. The zero-order valence-corrected chi connectivity index (χ0v) is 29.3. The monoisotopic (exact) mass is 676 g/mol. The van der Waals surface area contributed by atoms with E-state index in [0.29, 0.717) is 5.92 Å². The molecule has 8 aromatic carbocycles. The summed E-state index contributed by atoms with van der Waals surface area (Å²) in [4.78, 5) is 10.8. The van der Waals surface area contributed by atoms with Crippen LogP contribution in [0.2, 0.25) is 0 Å². The lowest BCUT2D eigenvalue weighted by molar-refractivity contribution is 0.706. The molecule has 2 nitrogen and oxygen atoms in total. The first-order valence-electron chi connectivity index (χ1n) is 18.8. The minimum Gasteiger partial charge on any atom is -0.248 e. The quantitative estimate of drug-likeness (QED) is 0.186. The summed E-state index contributed by atoms with van der Waals surface area (Å²) in [5, 5.41) is 5.12. The highest BCUT2D eigenvalue weighted by molar-refractivity contribution is 5.93. The first-order chi connectivity index (χ1) is 26.2. The summed E-state index contributed by atoms with van der Waals surface area (Å²) in [5.41, 5.74) is 17.4. The zero-order chi connectivity index (χ0) is 34.9. The van der Waals surface area contributed by atoms with Crippen molar-refractivity contribution in [3.8, 4) is 33.5 Å². The Balaban J connectivity index is 1.11. The van der Waals surface area contributed by atoms with Gasteiger partial charge in [0.05, 0.1) is 22.4 Å². The molecule has 0 radical (unpaired) electrons. The van der Waals surface area contributed by atoms with E-state index in [9.17, 15) is 0 Å². The molecule has 0 aliphatic heterocycles. The molecule has 11 rings (SSSR count). The molecule has 0 fully saturated rings. The van der Waals surface area contributed by atoms with E-state index in [-0.39, 0.29) is 5.92 Å². The van der Waals surface area contributed by atoms with Crippen LogP contribution in [-0.4, -0.2) is 9.97 Å². The van der Waals surface area contributed by atoms with Crippen molar-refractivity contribution in [2.45, 2.75) is 31.1 Å². The van der Waals surface area contributed by atoms with Crippen LogP contribution in [0.5, 0.6) is 0 Å². The lowest BCUT2D eigenvalue weighted by atomic mass is 9.74. The third-order valence-corrected chi connectivity index (χ3v) is 11.8. The van der Waals surface area contributed by atoms with Gasteiger partial charge in [0.15, 0.2) is 0 Å². The van der Waals surface area contributed by atoms with Gasteiger partial charge < -0.3 is 0 Å². The van der Waals surface area contributed by atoms with Crippen LogP contribution in [0.15, 0.2) is 170 Å². The third kappa shape index (κ3) is 5.01.